The zero-order valence-electron chi connectivity index (χ0n) is 16.8. The highest BCUT2D eigenvalue weighted by Gasteiger charge is 2.45. The van der Waals surface area contributed by atoms with Crippen molar-refractivity contribution in [3.8, 4) is 0 Å². The minimum Gasteiger partial charge on any atom is -0.480 e. The number of aliphatic carboxylic acids is 1. The van der Waals surface area contributed by atoms with E-state index in [0.29, 0.717) is 13.0 Å². The molecule has 0 fully saturated rings. The molecule has 0 saturated carbocycles. The second-order valence-corrected chi connectivity index (χ2v) is 7.78. The summed E-state index contributed by atoms with van der Waals surface area (Å²) in [5.41, 5.74) is -1.31. The molecule has 1 amide bonds. The zero-order chi connectivity index (χ0) is 20.7. The number of carboxylic acids is 1. The molecule has 0 aliphatic rings. The predicted molar refractivity (Wildman–Crippen MR) is 104 cm³/mol. The van der Waals surface area contributed by atoms with Crippen LogP contribution >= 0.6 is 0 Å². The second kappa shape index (κ2) is 9.55. The molecule has 0 heterocycles. The fraction of sp³-hybridized carbons (Fsp3) is 0.524. The molecule has 27 heavy (non-hydrogen) atoms. The number of hydrogen-bond acceptors (Lipinski definition) is 4. The molecule has 2 N–H and O–H groups in total. The lowest BCUT2D eigenvalue weighted by molar-refractivity contribution is -0.149. The molecule has 6 heteroatoms. The summed E-state index contributed by atoms with van der Waals surface area (Å²) in [6, 6.07) is 9.61. The van der Waals surface area contributed by atoms with Gasteiger partial charge in [0.15, 0.2) is 0 Å². The van der Waals surface area contributed by atoms with Crippen molar-refractivity contribution in [2.24, 2.45) is 5.92 Å². The van der Waals surface area contributed by atoms with Gasteiger partial charge in [-0.15, -0.1) is 6.58 Å². The van der Waals surface area contributed by atoms with E-state index < -0.39 is 35.2 Å². The van der Waals surface area contributed by atoms with Crippen molar-refractivity contribution in [2.45, 2.75) is 64.9 Å². The summed E-state index contributed by atoms with van der Waals surface area (Å²) in [5, 5.41) is 12.3. The maximum Gasteiger partial charge on any atom is 0.408 e. The lowest BCUT2D eigenvalue weighted by atomic mass is 9.81. The van der Waals surface area contributed by atoms with Gasteiger partial charge < -0.3 is 19.9 Å². The van der Waals surface area contributed by atoms with Crippen molar-refractivity contribution < 1.29 is 24.2 Å². The summed E-state index contributed by atoms with van der Waals surface area (Å²) >= 11 is 0. The number of alkyl carbamates (subject to hydrolysis) is 1. The lowest BCUT2D eigenvalue weighted by Crippen LogP contribution is -2.60. The molecular formula is C21H31NO5. The van der Waals surface area contributed by atoms with Gasteiger partial charge in [0, 0.05) is 5.92 Å². The molecule has 6 nitrogen and oxygen atoms in total. The standard InChI is InChI=1S/C21H31NO5/c1-7-11-17(26-14-16-12-9-8-10-13-16)15(2)21(6,18(23)24)22-19(25)27-20(3,4)5/h7-10,12-13,15,17H,1,11,14H2,2-6H3,(H,22,25)(H,23,24)/t15-,17-,21+/m1/s1. The predicted octanol–water partition coefficient (Wildman–Crippen LogP) is 4.15. The summed E-state index contributed by atoms with van der Waals surface area (Å²) < 4.78 is 11.2. The molecule has 0 spiro atoms. The van der Waals surface area contributed by atoms with E-state index in [2.05, 4.69) is 11.9 Å². The van der Waals surface area contributed by atoms with Crippen LogP contribution in [0.3, 0.4) is 0 Å². The van der Waals surface area contributed by atoms with Crippen LogP contribution < -0.4 is 5.32 Å². The molecule has 0 aliphatic heterocycles. The van der Waals surface area contributed by atoms with Crippen LogP contribution in [0.15, 0.2) is 43.0 Å². The van der Waals surface area contributed by atoms with Crippen LogP contribution in [0.1, 0.15) is 46.6 Å². The average molecular weight is 377 g/mol. The van der Waals surface area contributed by atoms with Crippen LogP contribution in [0.5, 0.6) is 0 Å². The summed E-state index contributed by atoms with van der Waals surface area (Å²) in [4.78, 5) is 24.2. The van der Waals surface area contributed by atoms with Crippen molar-refractivity contribution in [1.29, 1.82) is 0 Å². The van der Waals surface area contributed by atoms with Crippen LogP contribution in [0.4, 0.5) is 4.79 Å². The highest BCUT2D eigenvalue weighted by molar-refractivity contribution is 5.84. The van der Waals surface area contributed by atoms with E-state index in [1.54, 1.807) is 33.8 Å². The number of carboxylic acid groups (broad SMARTS) is 1. The van der Waals surface area contributed by atoms with Crippen LogP contribution in [-0.4, -0.2) is 34.4 Å². The van der Waals surface area contributed by atoms with E-state index in [0.717, 1.165) is 5.56 Å². The van der Waals surface area contributed by atoms with E-state index in [4.69, 9.17) is 9.47 Å². The van der Waals surface area contributed by atoms with Crippen molar-refractivity contribution in [2.75, 3.05) is 0 Å². The van der Waals surface area contributed by atoms with Crippen LogP contribution in [-0.2, 0) is 20.9 Å². The lowest BCUT2D eigenvalue weighted by Gasteiger charge is -2.37. The number of nitrogens with one attached hydrogen (secondary N) is 1. The van der Waals surface area contributed by atoms with Crippen LogP contribution in [0, 0.1) is 5.92 Å². The van der Waals surface area contributed by atoms with E-state index >= 15 is 0 Å². The van der Waals surface area contributed by atoms with Gasteiger partial charge in [-0.25, -0.2) is 9.59 Å². The molecular weight excluding hydrogens is 346 g/mol. The Hall–Kier alpha value is -2.34. The van der Waals surface area contributed by atoms with E-state index in [-0.39, 0.29) is 0 Å². The van der Waals surface area contributed by atoms with Gasteiger partial charge in [0.05, 0.1) is 12.7 Å². The first-order valence-electron chi connectivity index (χ1n) is 9.00. The van der Waals surface area contributed by atoms with Gasteiger partial charge in [-0.3, -0.25) is 0 Å². The molecule has 1 aromatic rings. The first-order chi connectivity index (χ1) is 12.5. The highest BCUT2D eigenvalue weighted by Crippen LogP contribution is 2.27. The molecule has 0 aliphatic carbocycles. The first-order valence-corrected chi connectivity index (χ1v) is 9.00. The average Bonchev–Trinajstić information content (AvgIpc) is 2.56. The molecule has 1 aromatic carbocycles. The Morgan fingerprint density at radius 3 is 2.30 bits per heavy atom. The molecule has 0 radical (unpaired) electrons. The minimum absolute atomic E-state index is 0.339. The Bertz CT molecular complexity index is 638. The number of rotatable bonds is 9. The molecule has 150 valence electrons. The third-order valence-electron chi connectivity index (χ3n) is 4.38. The summed E-state index contributed by atoms with van der Waals surface area (Å²) in [6.45, 7) is 12.4. The van der Waals surface area contributed by atoms with Gasteiger partial charge in [0.25, 0.3) is 0 Å². The Labute approximate surface area is 161 Å². The Morgan fingerprint density at radius 2 is 1.81 bits per heavy atom. The normalized spacial score (nSPS) is 15.9. The Morgan fingerprint density at radius 1 is 1.22 bits per heavy atom. The largest absolute Gasteiger partial charge is 0.480 e. The minimum atomic E-state index is -1.56. The number of hydrogen-bond donors (Lipinski definition) is 2. The van der Waals surface area contributed by atoms with Gasteiger partial charge in [-0.1, -0.05) is 43.3 Å². The fourth-order valence-electron chi connectivity index (χ4n) is 2.61. The van der Waals surface area contributed by atoms with Crippen molar-refractivity contribution in [1.82, 2.24) is 5.32 Å². The van der Waals surface area contributed by atoms with Gasteiger partial charge in [-0.05, 0) is 39.7 Å². The number of carbonyl (C=O) groups excluding carboxylic acids is 1. The number of amides is 1. The van der Waals surface area contributed by atoms with Gasteiger partial charge in [0.2, 0.25) is 0 Å². The quantitative estimate of drug-likeness (QED) is 0.632. The van der Waals surface area contributed by atoms with E-state index in [1.807, 2.05) is 30.3 Å². The Balaban J connectivity index is 2.94. The molecule has 3 atom stereocenters. The SMILES string of the molecule is C=CC[C@@H](OCc1ccccc1)[C@@H](C)[C@](C)(NC(=O)OC(C)(C)C)C(=O)O. The Kier molecular flexibility index (Phi) is 8.03. The van der Waals surface area contributed by atoms with E-state index in [1.165, 1.54) is 6.92 Å². The van der Waals surface area contributed by atoms with Crippen molar-refractivity contribution in [3.63, 3.8) is 0 Å². The highest BCUT2D eigenvalue weighted by atomic mass is 16.6. The van der Waals surface area contributed by atoms with Crippen molar-refractivity contribution >= 4 is 12.1 Å². The van der Waals surface area contributed by atoms with Gasteiger partial charge >= 0.3 is 12.1 Å². The maximum absolute atomic E-state index is 12.2. The summed E-state index contributed by atoms with van der Waals surface area (Å²) in [5.74, 6) is -1.69. The third kappa shape index (κ3) is 7.06. The molecule has 0 unspecified atom stereocenters. The number of benzene rings is 1. The van der Waals surface area contributed by atoms with Crippen LogP contribution in [0.25, 0.3) is 0 Å². The van der Waals surface area contributed by atoms with Gasteiger partial charge in [0.1, 0.15) is 11.1 Å². The molecule has 0 bridgehead atoms. The third-order valence-corrected chi connectivity index (χ3v) is 4.38. The monoisotopic (exact) mass is 377 g/mol. The molecule has 0 aromatic heterocycles. The smallest absolute Gasteiger partial charge is 0.408 e. The van der Waals surface area contributed by atoms with Crippen LogP contribution in [0.2, 0.25) is 0 Å². The summed E-state index contributed by atoms with van der Waals surface area (Å²) in [7, 11) is 0. The first kappa shape index (κ1) is 22.7. The summed E-state index contributed by atoms with van der Waals surface area (Å²) in [6.07, 6.45) is 0.910. The zero-order valence-corrected chi connectivity index (χ0v) is 16.8. The van der Waals surface area contributed by atoms with Gasteiger partial charge in [-0.2, -0.15) is 0 Å². The maximum atomic E-state index is 12.2. The van der Waals surface area contributed by atoms with E-state index in [9.17, 15) is 14.7 Å². The molecule has 0 saturated heterocycles. The molecule has 1 rings (SSSR count). The van der Waals surface area contributed by atoms with Crippen molar-refractivity contribution in [3.05, 3.63) is 48.6 Å². The fourth-order valence-corrected chi connectivity index (χ4v) is 2.61. The topological polar surface area (TPSA) is 84.9 Å². The second-order valence-electron chi connectivity index (χ2n) is 7.78. The number of carbonyl (C=O) groups is 2. The number of ether oxygens (including phenoxy) is 2.